The second-order valence-corrected chi connectivity index (χ2v) is 5.36. The van der Waals surface area contributed by atoms with Gasteiger partial charge in [0.25, 0.3) is 0 Å². The fraction of sp³-hybridized carbons (Fsp3) is 0.316. The van der Waals surface area contributed by atoms with Crippen molar-refractivity contribution in [2.24, 2.45) is 5.73 Å². The van der Waals surface area contributed by atoms with E-state index in [-0.39, 0.29) is 19.0 Å². The molecule has 0 aliphatic carbocycles. The first kappa shape index (κ1) is 21.7. The van der Waals surface area contributed by atoms with Crippen molar-refractivity contribution >= 4 is 18.4 Å². The lowest BCUT2D eigenvalue weighted by molar-refractivity contribution is -0.149. The average Bonchev–Trinajstić information content (AvgIpc) is 2.66. The van der Waals surface area contributed by atoms with Gasteiger partial charge in [-0.25, -0.2) is 9.18 Å². The lowest BCUT2D eigenvalue weighted by atomic mass is 10.0. The number of ether oxygens (including phenoxy) is 3. The van der Waals surface area contributed by atoms with Crippen LogP contribution in [0, 0.1) is 0 Å². The maximum absolute atomic E-state index is 14.2. The van der Waals surface area contributed by atoms with Crippen LogP contribution >= 0.6 is 12.4 Å². The summed E-state index contributed by atoms with van der Waals surface area (Å²) in [5.41, 5.74) is 7.27. The zero-order valence-corrected chi connectivity index (χ0v) is 15.5. The van der Waals surface area contributed by atoms with E-state index in [0.29, 0.717) is 23.7 Å². The summed E-state index contributed by atoms with van der Waals surface area (Å²) >= 11 is 0. The normalized spacial score (nSPS) is 12.5. The van der Waals surface area contributed by atoms with Crippen molar-refractivity contribution in [2.45, 2.75) is 25.7 Å². The number of benzene rings is 2. The molecule has 0 spiro atoms. The van der Waals surface area contributed by atoms with E-state index < -0.39 is 18.2 Å². The predicted octanol–water partition coefficient (Wildman–Crippen LogP) is 3.60. The van der Waals surface area contributed by atoms with Crippen LogP contribution in [0.3, 0.4) is 0 Å². The molecule has 7 heteroatoms. The zero-order valence-electron chi connectivity index (χ0n) is 14.7. The number of carbonyl (C=O) groups excluding carboxylic acids is 1. The standard InChI is InChI=1S/C19H22FNO4.ClH/c1-3-24-19(22)17(20)18(21)14-9-10-15(23-2)16(11-14)25-12-13-7-5-4-6-8-13;/h4-11,17-18H,3,12,21H2,1-2H3;1H/t17?,18-;/m1./s1. The Morgan fingerprint density at radius 1 is 1.15 bits per heavy atom. The summed E-state index contributed by atoms with van der Waals surface area (Å²) in [6.45, 7) is 2.03. The second-order valence-electron chi connectivity index (χ2n) is 5.36. The SMILES string of the molecule is CCOC(=O)C(F)[C@H](N)c1ccc(OC)c(OCc2ccccc2)c1.Cl. The van der Waals surface area contributed by atoms with Gasteiger partial charge in [-0.3, -0.25) is 0 Å². The molecule has 2 N–H and O–H groups in total. The molecule has 0 radical (unpaired) electrons. The van der Waals surface area contributed by atoms with Crippen molar-refractivity contribution in [3.8, 4) is 11.5 Å². The molecule has 0 aromatic heterocycles. The Balaban J connectivity index is 0.00000338. The third kappa shape index (κ3) is 5.61. The minimum atomic E-state index is -1.95. The first-order valence-electron chi connectivity index (χ1n) is 7.97. The molecule has 2 aromatic carbocycles. The van der Waals surface area contributed by atoms with Crippen molar-refractivity contribution in [2.75, 3.05) is 13.7 Å². The number of nitrogens with two attached hydrogens (primary N) is 1. The lowest BCUT2D eigenvalue weighted by Gasteiger charge is -2.18. The van der Waals surface area contributed by atoms with E-state index in [1.807, 2.05) is 30.3 Å². The first-order valence-corrected chi connectivity index (χ1v) is 7.97. The molecule has 5 nitrogen and oxygen atoms in total. The monoisotopic (exact) mass is 383 g/mol. The molecule has 0 heterocycles. The van der Waals surface area contributed by atoms with Crippen LogP contribution in [0.4, 0.5) is 4.39 Å². The maximum atomic E-state index is 14.2. The summed E-state index contributed by atoms with van der Waals surface area (Å²) in [5.74, 6) is -0.0497. The third-order valence-corrected chi connectivity index (χ3v) is 3.64. The number of hydrogen-bond donors (Lipinski definition) is 1. The molecule has 2 rings (SSSR count). The van der Waals surface area contributed by atoms with Crippen molar-refractivity contribution in [1.29, 1.82) is 0 Å². The zero-order chi connectivity index (χ0) is 18.2. The minimum absolute atomic E-state index is 0. The number of halogens is 2. The topological polar surface area (TPSA) is 70.8 Å². The van der Waals surface area contributed by atoms with Crippen molar-refractivity contribution in [3.05, 3.63) is 59.7 Å². The van der Waals surface area contributed by atoms with Crippen molar-refractivity contribution < 1.29 is 23.4 Å². The highest BCUT2D eigenvalue weighted by molar-refractivity contribution is 5.85. The van der Waals surface area contributed by atoms with Crippen LogP contribution in [-0.2, 0) is 16.1 Å². The van der Waals surface area contributed by atoms with Crippen molar-refractivity contribution in [1.82, 2.24) is 0 Å². The van der Waals surface area contributed by atoms with E-state index in [1.165, 1.54) is 7.11 Å². The predicted molar refractivity (Wildman–Crippen MR) is 99.5 cm³/mol. The number of carbonyl (C=O) groups is 1. The van der Waals surface area contributed by atoms with Crippen LogP contribution in [-0.4, -0.2) is 25.9 Å². The highest BCUT2D eigenvalue weighted by Gasteiger charge is 2.28. The van der Waals surface area contributed by atoms with Gasteiger partial charge in [-0.15, -0.1) is 12.4 Å². The first-order chi connectivity index (χ1) is 12.1. The Morgan fingerprint density at radius 3 is 2.46 bits per heavy atom. The molecule has 0 saturated heterocycles. The van der Waals surface area contributed by atoms with Crippen molar-refractivity contribution in [3.63, 3.8) is 0 Å². The van der Waals surface area contributed by atoms with E-state index >= 15 is 0 Å². The van der Waals surface area contributed by atoms with Gasteiger partial charge in [-0.2, -0.15) is 0 Å². The van der Waals surface area contributed by atoms with Crippen LogP contribution in [0.25, 0.3) is 0 Å². The summed E-state index contributed by atoms with van der Waals surface area (Å²) in [6, 6.07) is 13.3. The quantitative estimate of drug-likeness (QED) is 0.705. The molecule has 0 fully saturated rings. The Kier molecular flexibility index (Phi) is 8.88. The van der Waals surface area contributed by atoms with E-state index in [4.69, 9.17) is 15.2 Å². The molecule has 0 bridgehead atoms. The summed E-state index contributed by atoms with van der Waals surface area (Å²) in [4.78, 5) is 11.5. The summed E-state index contributed by atoms with van der Waals surface area (Å²) in [6.07, 6.45) is -1.95. The number of rotatable bonds is 8. The maximum Gasteiger partial charge on any atom is 0.342 e. The minimum Gasteiger partial charge on any atom is -0.493 e. The molecule has 0 amide bonds. The summed E-state index contributed by atoms with van der Waals surface area (Å²) in [7, 11) is 1.51. The Morgan fingerprint density at radius 2 is 1.85 bits per heavy atom. The molecule has 2 aromatic rings. The van der Waals surface area contributed by atoms with Gasteiger partial charge in [0.15, 0.2) is 11.5 Å². The molecule has 0 aliphatic rings. The highest BCUT2D eigenvalue weighted by atomic mass is 35.5. The molecule has 142 valence electrons. The average molecular weight is 384 g/mol. The molecule has 2 atom stereocenters. The number of esters is 1. The summed E-state index contributed by atoms with van der Waals surface area (Å²) < 4.78 is 29.9. The van der Waals surface area contributed by atoms with Gasteiger partial charge in [0.2, 0.25) is 6.17 Å². The van der Waals surface area contributed by atoms with E-state index in [2.05, 4.69) is 4.74 Å². The molecular formula is C19H23ClFNO4. The summed E-state index contributed by atoms with van der Waals surface area (Å²) in [5, 5.41) is 0. The third-order valence-electron chi connectivity index (χ3n) is 3.64. The largest absolute Gasteiger partial charge is 0.493 e. The molecule has 0 aliphatic heterocycles. The van der Waals surface area contributed by atoms with Gasteiger partial charge < -0.3 is 19.9 Å². The Labute approximate surface area is 158 Å². The fourth-order valence-electron chi connectivity index (χ4n) is 2.29. The molecular weight excluding hydrogens is 361 g/mol. The Hall–Kier alpha value is -2.31. The van der Waals surface area contributed by atoms with Gasteiger partial charge in [-0.1, -0.05) is 36.4 Å². The number of methoxy groups -OCH3 is 1. The molecule has 0 saturated carbocycles. The lowest BCUT2D eigenvalue weighted by Crippen LogP contribution is -2.31. The number of hydrogen-bond acceptors (Lipinski definition) is 5. The van der Waals surface area contributed by atoms with Crippen LogP contribution < -0.4 is 15.2 Å². The van der Waals surface area contributed by atoms with Crippen LogP contribution in [0.5, 0.6) is 11.5 Å². The van der Waals surface area contributed by atoms with Gasteiger partial charge in [0.05, 0.1) is 19.8 Å². The fourth-order valence-corrected chi connectivity index (χ4v) is 2.29. The van der Waals surface area contributed by atoms with Crippen LogP contribution in [0.15, 0.2) is 48.5 Å². The highest BCUT2D eigenvalue weighted by Crippen LogP contribution is 2.32. The molecule has 26 heavy (non-hydrogen) atoms. The molecule has 1 unspecified atom stereocenters. The van der Waals surface area contributed by atoms with Gasteiger partial charge in [0, 0.05) is 0 Å². The smallest absolute Gasteiger partial charge is 0.342 e. The van der Waals surface area contributed by atoms with E-state index in [0.717, 1.165) is 5.56 Å². The van der Waals surface area contributed by atoms with Gasteiger partial charge >= 0.3 is 5.97 Å². The van der Waals surface area contributed by atoms with Gasteiger partial charge in [0.1, 0.15) is 6.61 Å². The Bertz CT molecular complexity index is 699. The van der Waals surface area contributed by atoms with Crippen LogP contribution in [0.1, 0.15) is 24.1 Å². The van der Waals surface area contributed by atoms with E-state index in [9.17, 15) is 9.18 Å². The van der Waals surface area contributed by atoms with Crippen LogP contribution in [0.2, 0.25) is 0 Å². The van der Waals surface area contributed by atoms with Gasteiger partial charge in [-0.05, 0) is 30.2 Å². The van der Waals surface area contributed by atoms with E-state index in [1.54, 1.807) is 25.1 Å². The number of alkyl halides is 1. The second kappa shape index (κ2) is 10.6.